The number of piperidine rings is 1. The number of hydrogen-bond donors (Lipinski definition) is 1. The lowest BCUT2D eigenvalue weighted by Crippen LogP contribution is -2.37. The van der Waals surface area contributed by atoms with Crippen molar-refractivity contribution in [3.8, 4) is 5.75 Å². The number of aldehydes is 1. The molecule has 18 heavy (non-hydrogen) atoms. The van der Waals surface area contributed by atoms with Crippen molar-refractivity contribution in [1.82, 2.24) is 5.32 Å². The molecule has 1 aromatic rings. The van der Waals surface area contributed by atoms with E-state index in [1.54, 1.807) is 0 Å². The van der Waals surface area contributed by atoms with E-state index in [0.717, 1.165) is 31.7 Å². The molecule has 1 amide bonds. The summed E-state index contributed by atoms with van der Waals surface area (Å²) in [6, 6.07) is 9.80. The summed E-state index contributed by atoms with van der Waals surface area (Å²) in [5, 5.41) is 2.61. The van der Waals surface area contributed by atoms with Gasteiger partial charge in [0.25, 0.3) is 0 Å². The average molecular weight is 249 g/mol. The molecule has 1 fully saturated rings. The third-order valence-corrected chi connectivity index (χ3v) is 2.55. The SMILES string of the molecule is CCOc1ccccc1.O=CC1CCCNC1=O. The summed E-state index contributed by atoms with van der Waals surface area (Å²) in [5.74, 6) is 0.454. The number of rotatable bonds is 3. The van der Waals surface area contributed by atoms with Crippen LogP contribution in [0, 0.1) is 5.92 Å². The predicted molar refractivity (Wildman–Crippen MR) is 69.4 cm³/mol. The van der Waals surface area contributed by atoms with Gasteiger partial charge in [-0.3, -0.25) is 4.79 Å². The quantitative estimate of drug-likeness (QED) is 0.656. The van der Waals surface area contributed by atoms with E-state index in [9.17, 15) is 9.59 Å². The number of benzene rings is 1. The van der Waals surface area contributed by atoms with Crippen molar-refractivity contribution in [2.24, 2.45) is 5.92 Å². The highest BCUT2D eigenvalue weighted by molar-refractivity contribution is 5.92. The molecule has 1 atom stereocenters. The summed E-state index contributed by atoms with van der Waals surface area (Å²) in [6.45, 7) is 3.44. The average Bonchev–Trinajstić information content (AvgIpc) is 2.42. The summed E-state index contributed by atoms with van der Waals surface area (Å²) in [4.78, 5) is 20.8. The van der Waals surface area contributed by atoms with Gasteiger partial charge in [0.05, 0.1) is 12.5 Å². The minimum absolute atomic E-state index is 0.115. The first-order chi connectivity index (χ1) is 8.77. The van der Waals surface area contributed by atoms with E-state index in [0.29, 0.717) is 6.29 Å². The molecule has 1 saturated heterocycles. The van der Waals surface area contributed by atoms with Crippen LogP contribution in [-0.4, -0.2) is 25.3 Å². The van der Waals surface area contributed by atoms with Crippen molar-refractivity contribution in [3.63, 3.8) is 0 Å². The lowest BCUT2D eigenvalue weighted by atomic mass is 10.0. The van der Waals surface area contributed by atoms with Gasteiger partial charge in [-0.25, -0.2) is 0 Å². The predicted octanol–water partition coefficient (Wildman–Crippen LogP) is 1.80. The molecule has 98 valence electrons. The molecule has 1 aliphatic rings. The molecule has 0 bridgehead atoms. The highest BCUT2D eigenvalue weighted by atomic mass is 16.5. The fourth-order valence-electron chi connectivity index (χ4n) is 1.61. The van der Waals surface area contributed by atoms with Crippen molar-refractivity contribution in [1.29, 1.82) is 0 Å². The number of para-hydroxylation sites is 1. The van der Waals surface area contributed by atoms with Gasteiger partial charge in [0.1, 0.15) is 12.0 Å². The first-order valence-electron chi connectivity index (χ1n) is 6.18. The van der Waals surface area contributed by atoms with Crippen molar-refractivity contribution >= 4 is 12.2 Å². The molecule has 4 heteroatoms. The maximum atomic E-state index is 10.7. The van der Waals surface area contributed by atoms with Crippen LogP contribution in [0.2, 0.25) is 0 Å². The van der Waals surface area contributed by atoms with Crippen LogP contribution >= 0.6 is 0 Å². The highest BCUT2D eigenvalue weighted by Crippen LogP contribution is 2.07. The summed E-state index contributed by atoms with van der Waals surface area (Å²) >= 11 is 0. The van der Waals surface area contributed by atoms with Crippen LogP contribution in [0.5, 0.6) is 5.75 Å². The second-order valence-electron chi connectivity index (χ2n) is 3.92. The Morgan fingerprint density at radius 3 is 2.61 bits per heavy atom. The zero-order valence-electron chi connectivity index (χ0n) is 10.6. The minimum Gasteiger partial charge on any atom is -0.494 e. The van der Waals surface area contributed by atoms with Crippen molar-refractivity contribution in [2.45, 2.75) is 19.8 Å². The molecule has 1 heterocycles. The van der Waals surface area contributed by atoms with Crippen LogP contribution in [0.1, 0.15) is 19.8 Å². The Kier molecular flexibility index (Phi) is 6.54. The monoisotopic (exact) mass is 249 g/mol. The molecule has 0 spiro atoms. The van der Waals surface area contributed by atoms with Gasteiger partial charge in [-0.2, -0.15) is 0 Å². The molecule has 1 unspecified atom stereocenters. The number of amides is 1. The third kappa shape index (κ3) is 4.99. The second kappa shape index (κ2) is 8.28. The van der Waals surface area contributed by atoms with Gasteiger partial charge in [0, 0.05) is 6.54 Å². The smallest absolute Gasteiger partial charge is 0.230 e. The van der Waals surface area contributed by atoms with Crippen molar-refractivity contribution in [2.75, 3.05) is 13.2 Å². The van der Waals surface area contributed by atoms with E-state index in [-0.39, 0.29) is 11.8 Å². The molecule has 0 radical (unpaired) electrons. The van der Waals surface area contributed by atoms with Crippen LogP contribution in [0.15, 0.2) is 30.3 Å². The van der Waals surface area contributed by atoms with Gasteiger partial charge < -0.3 is 14.8 Å². The molecule has 0 aromatic heterocycles. The Balaban J connectivity index is 0.000000180. The van der Waals surface area contributed by atoms with Crippen LogP contribution in [0.25, 0.3) is 0 Å². The number of hydrogen-bond acceptors (Lipinski definition) is 3. The van der Waals surface area contributed by atoms with Gasteiger partial charge in [0.15, 0.2) is 0 Å². The van der Waals surface area contributed by atoms with Crippen molar-refractivity contribution < 1.29 is 14.3 Å². The Morgan fingerprint density at radius 1 is 1.39 bits per heavy atom. The van der Waals surface area contributed by atoms with Crippen LogP contribution in [0.4, 0.5) is 0 Å². The molecule has 0 aliphatic carbocycles. The van der Waals surface area contributed by atoms with E-state index in [4.69, 9.17) is 4.74 Å². The summed E-state index contributed by atoms with van der Waals surface area (Å²) in [6.07, 6.45) is 2.36. The number of carbonyl (C=O) groups excluding carboxylic acids is 2. The van der Waals surface area contributed by atoms with Gasteiger partial charge in [-0.05, 0) is 31.9 Å². The molecular formula is C14H19NO3. The summed E-state index contributed by atoms with van der Waals surface area (Å²) in [5.41, 5.74) is 0. The zero-order chi connectivity index (χ0) is 13.2. The van der Waals surface area contributed by atoms with E-state index >= 15 is 0 Å². The molecule has 1 N–H and O–H groups in total. The van der Waals surface area contributed by atoms with E-state index < -0.39 is 0 Å². The fraction of sp³-hybridized carbons (Fsp3) is 0.429. The van der Waals surface area contributed by atoms with Crippen LogP contribution in [0.3, 0.4) is 0 Å². The minimum atomic E-state index is -0.376. The Labute approximate surface area is 107 Å². The molecule has 4 nitrogen and oxygen atoms in total. The van der Waals surface area contributed by atoms with Gasteiger partial charge in [-0.1, -0.05) is 18.2 Å². The Bertz CT molecular complexity index is 365. The number of ether oxygens (including phenoxy) is 1. The topological polar surface area (TPSA) is 55.4 Å². The number of carbonyl (C=O) groups is 2. The maximum Gasteiger partial charge on any atom is 0.230 e. The van der Waals surface area contributed by atoms with Crippen molar-refractivity contribution in [3.05, 3.63) is 30.3 Å². The third-order valence-electron chi connectivity index (χ3n) is 2.55. The molecule has 2 rings (SSSR count). The molecule has 1 aliphatic heterocycles. The van der Waals surface area contributed by atoms with Crippen LogP contribution in [-0.2, 0) is 9.59 Å². The highest BCUT2D eigenvalue weighted by Gasteiger charge is 2.20. The van der Waals surface area contributed by atoms with Crippen LogP contribution < -0.4 is 10.1 Å². The van der Waals surface area contributed by atoms with Gasteiger partial charge >= 0.3 is 0 Å². The van der Waals surface area contributed by atoms with E-state index in [1.807, 2.05) is 37.3 Å². The lowest BCUT2D eigenvalue weighted by Gasteiger charge is -2.15. The van der Waals surface area contributed by atoms with E-state index in [2.05, 4.69) is 5.32 Å². The Hall–Kier alpha value is -1.84. The fourth-order valence-corrected chi connectivity index (χ4v) is 1.61. The zero-order valence-corrected chi connectivity index (χ0v) is 10.6. The largest absolute Gasteiger partial charge is 0.494 e. The molecule has 0 saturated carbocycles. The first-order valence-corrected chi connectivity index (χ1v) is 6.18. The standard InChI is InChI=1S/C8H10O.C6H9NO2/c1-2-9-8-6-4-3-5-7-8;8-4-5-2-1-3-7-6(5)9/h3-7H,2H2,1H3;4-5H,1-3H2,(H,7,9). The second-order valence-corrected chi connectivity index (χ2v) is 3.92. The van der Waals surface area contributed by atoms with Gasteiger partial charge in [-0.15, -0.1) is 0 Å². The normalized spacial score (nSPS) is 18.1. The number of nitrogens with one attached hydrogen (secondary N) is 1. The Morgan fingerprint density at radius 2 is 2.11 bits per heavy atom. The summed E-state index contributed by atoms with van der Waals surface area (Å²) < 4.78 is 5.21. The lowest BCUT2D eigenvalue weighted by molar-refractivity contribution is -0.130. The first kappa shape index (κ1) is 14.2. The maximum absolute atomic E-state index is 10.7. The van der Waals surface area contributed by atoms with Gasteiger partial charge in [0.2, 0.25) is 5.91 Å². The summed E-state index contributed by atoms with van der Waals surface area (Å²) in [7, 11) is 0. The molecule has 1 aromatic carbocycles. The van der Waals surface area contributed by atoms with E-state index in [1.165, 1.54) is 0 Å². The molecular weight excluding hydrogens is 230 g/mol.